The summed E-state index contributed by atoms with van der Waals surface area (Å²) >= 11 is 3.36. The van der Waals surface area contributed by atoms with Crippen molar-refractivity contribution < 1.29 is 14.3 Å². The molecule has 2 aromatic rings. The minimum atomic E-state index is -0.220. The van der Waals surface area contributed by atoms with Crippen LogP contribution >= 0.6 is 15.9 Å². The summed E-state index contributed by atoms with van der Waals surface area (Å²) < 4.78 is 6.25. The predicted molar refractivity (Wildman–Crippen MR) is 88.1 cm³/mol. The summed E-state index contributed by atoms with van der Waals surface area (Å²) in [6.07, 6.45) is 3.26. The minimum Gasteiger partial charge on any atom is -0.482 e. The van der Waals surface area contributed by atoms with Crippen LogP contribution in [-0.2, 0) is 4.79 Å². The minimum absolute atomic E-state index is 0.00373. The van der Waals surface area contributed by atoms with E-state index in [4.69, 9.17) is 4.74 Å². The third-order valence-electron chi connectivity index (χ3n) is 3.19. The fourth-order valence-electron chi connectivity index (χ4n) is 2.08. The fourth-order valence-corrected chi connectivity index (χ4v) is 2.34. The van der Waals surface area contributed by atoms with Crippen molar-refractivity contribution in [3.05, 3.63) is 64.1 Å². The van der Waals surface area contributed by atoms with Crippen LogP contribution < -0.4 is 10.1 Å². The maximum Gasteiger partial charge on any atom is 0.262 e. The lowest BCUT2D eigenvalue weighted by Gasteiger charge is -2.17. The van der Waals surface area contributed by atoms with Gasteiger partial charge in [0.2, 0.25) is 0 Å². The van der Waals surface area contributed by atoms with Gasteiger partial charge in [0, 0.05) is 10.0 Å². The normalized spacial score (nSPS) is 13.4. The van der Waals surface area contributed by atoms with Gasteiger partial charge < -0.3 is 10.1 Å². The first-order valence-electron chi connectivity index (χ1n) is 6.66. The summed E-state index contributed by atoms with van der Waals surface area (Å²) in [5.41, 5.74) is 1.96. The van der Waals surface area contributed by atoms with E-state index in [0.29, 0.717) is 17.0 Å². The molecule has 1 amide bonds. The summed E-state index contributed by atoms with van der Waals surface area (Å²) in [5, 5.41) is 2.69. The van der Waals surface area contributed by atoms with Crippen molar-refractivity contribution in [2.45, 2.75) is 0 Å². The van der Waals surface area contributed by atoms with Crippen LogP contribution in [0.3, 0.4) is 0 Å². The number of anilines is 1. The number of nitrogens with one attached hydrogen (secondary N) is 1. The molecule has 1 N–H and O–H groups in total. The maximum absolute atomic E-state index is 12.2. The lowest BCUT2D eigenvalue weighted by Crippen LogP contribution is -2.25. The van der Waals surface area contributed by atoms with Crippen molar-refractivity contribution in [3.8, 4) is 5.75 Å². The maximum atomic E-state index is 12.2. The van der Waals surface area contributed by atoms with Gasteiger partial charge in [0.15, 0.2) is 12.4 Å². The van der Waals surface area contributed by atoms with Gasteiger partial charge in [-0.05, 0) is 42.0 Å². The van der Waals surface area contributed by atoms with Crippen LogP contribution in [0, 0.1) is 0 Å². The van der Waals surface area contributed by atoms with Gasteiger partial charge in [0.1, 0.15) is 5.75 Å². The number of fused-ring (bicyclic) bond motifs is 1. The standard InChI is InChI=1S/C17H12BrNO3/c18-13-5-1-11(2-6-13)3-7-15(20)12-4-8-16-14(9-12)19-17(21)10-22-16/h1-9H,10H2,(H,19,21). The molecule has 0 aliphatic carbocycles. The van der Waals surface area contributed by atoms with Crippen molar-refractivity contribution in [1.82, 2.24) is 0 Å². The summed E-state index contributed by atoms with van der Waals surface area (Å²) in [6.45, 7) is 0.00373. The zero-order valence-corrected chi connectivity index (χ0v) is 13.1. The molecule has 0 fully saturated rings. The summed E-state index contributed by atoms with van der Waals surface area (Å²) in [6, 6.07) is 12.6. The number of ether oxygens (including phenoxy) is 1. The van der Waals surface area contributed by atoms with Crippen LogP contribution in [0.4, 0.5) is 5.69 Å². The Morgan fingerprint density at radius 2 is 1.95 bits per heavy atom. The third kappa shape index (κ3) is 3.26. The van der Waals surface area contributed by atoms with Crippen molar-refractivity contribution in [2.75, 3.05) is 11.9 Å². The average molecular weight is 358 g/mol. The molecule has 2 aromatic carbocycles. The van der Waals surface area contributed by atoms with Crippen molar-refractivity contribution in [3.63, 3.8) is 0 Å². The fraction of sp³-hybridized carbons (Fsp3) is 0.0588. The molecule has 1 heterocycles. The average Bonchev–Trinajstić information content (AvgIpc) is 2.53. The monoisotopic (exact) mass is 357 g/mol. The summed E-state index contributed by atoms with van der Waals surface area (Å²) in [4.78, 5) is 23.5. The molecule has 110 valence electrons. The van der Waals surface area contributed by atoms with E-state index in [1.165, 1.54) is 6.08 Å². The number of hydrogen-bond acceptors (Lipinski definition) is 3. The first kappa shape index (κ1) is 14.5. The molecule has 0 bridgehead atoms. The summed E-state index contributed by atoms with van der Waals surface area (Å²) in [5.74, 6) is 0.223. The van der Waals surface area contributed by atoms with Crippen molar-refractivity contribution in [1.29, 1.82) is 0 Å². The second kappa shape index (κ2) is 6.15. The van der Waals surface area contributed by atoms with Gasteiger partial charge in [0.25, 0.3) is 5.91 Å². The SMILES string of the molecule is O=C1COc2ccc(C(=O)C=Cc3ccc(Br)cc3)cc2N1. The number of halogens is 1. The Labute approximate surface area is 135 Å². The highest BCUT2D eigenvalue weighted by atomic mass is 79.9. The summed E-state index contributed by atoms with van der Waals surface area (Å²) in [7, 11) is 0. The molecule has 3 rings (SSSR count). The number of allylic oxidation sites excluding steroid dienone is 1. The van der Waals surface area contributed by atoms with Crippen LogP contribution in [0.15, 0.2) is 53.0 Å². The van der Waals surface area contributed by atoms with Crippen LogP contribution in [0.1, 0.15) is 15.9 Å². The van der Waals surface area contributed by atoms with E-state index in [1.54, 1.807) is 24.3 Å². The van der Waals surface area contributed by atoms with Gasteiger partial charge >= 0.3 is 0 Å². The van der Waals surface area contributed by atoms with Crippen LogP contribution in [0.25, 0.3) is 6.08 Å². The third-order valence-corrected chi connectivity index (χ3v) is 3.72. The van der Waals surface area contributed by atoms with E-state index in [9.17, 15) is 9.59 Å². The molecule has 0 radical (unpaired) electrons. The van der Waals surface area contributed by atoms with E-state index >= 15 is 0 Å². The van der Waals surface area contributed by atoms with Gasteiger partial charge in [-0.25, -0.2) is 0 Å². The quantitative estimate of drug-likeness (QED) is 0.673. The zero-order valence-electron chi connectivity index (χ0n) is 11.5. The van der Waals surface area contributed by atoms with E-state index in [2.05, 4.69) is 21.2 Å². The van der Waals surface area contributed by atoms with Crippen molar-refractivity contribution >= 4 is 39.4 Å². The molecule has 0 spiro atoms. The van der Waals surface area contributed by atoms with Gasteiger partial charge in [-0.1, -0.05) is 34.1 Å². The van der Waals surface area contributed by atoms with Gasteiger partial charge in [-0.15, -0.1) is 0 Å². The number of carbonyl (C=O) groups is 2. The molecule has 0 saturated heterocycles. The van der Waals surface area contributed by atoms with Crippen LogP contribution in [0.2, 0.25) is 0 Å². The first-order valence-corrected chi connectivity index (χ1v) is 7.46. The zero-order chi connectivity index (χ0) is 15.5. The Morgan fingerprint density at radius 3 is 2.73 bits per heavy atom. The number of rotatable bonds is 3. The molecule has 0 saturated carbocycles. The van der Waals surface area contributed by atoms with Gasteiger partial charge in [-0.3, -0.25) is 9.59 Å². The Hall–Kier alpha value is -2.40. The smallest absolute Gasteiger partial charge is 0.262 e. The Balaban J connectivity index is 1.79. The van der Waals surface area contributed by atoms with Gasteiger partial charge in [0.05, 0.1) is 5.69 Å². The number of benzene rings is 2. The number of carbonyl (C=O) groups excluding carboxylic acids is 2. The molecular weight excluding hydrogens is 346 g/mol. The Kier molecular flexibility index (Phi) is 4.06. The molecule has 22 heavy (non-hydrogen) atoms. The Morgan fingerprint density at radius 1 is 1.18 bits per heavy atom. The highest BCUT2D eigenvalue weighted by Crippen LogP contribution is 2.28. The van der Waals surface area contributed by atoms with Gasteiger partial charge in [-0.2, -0.15) is 0 Å². The molecule has 0 unspecified atom stereocenters. The van der Waals surface area contributed by atoms with E-state index in [-0.39, 0.29) is 18.3 Å². The number of hydrogen-bond donors (Lipinski definition) is 1. The van der Waals surface area contributed by atoms with Crippen LogP contribution in [-0.4, -0.2) is 18.3 Å². The molecule has 0 aromatic heterocycles. The molecule has 4 nitrogen and oxygen atoms in total. The van der Waals surface area contributed by atoms with E-state index in [1.807, 2.05) is 24.3 Å². The molecule has 1 aliphatic rings. The highest BCUT2D eigenvalue weighted by molar-refractivity contribution is 9.10. The molecular formula is C17H12BrNO3. The van der Waals surface area contributed by atoms with E-state index < -0.39 is 0 Å². The predicted octanol–water partition coefficient (Wildman–Crippen LogP) is 3.68. The number of amides is 1. The second-order valence-corrected chi connectivity index (χ2v) is 5.71. The largest absolute Gasteiger partial charge is 0.482 e. The van der Waals surface area contributed by atoms with Crippen LogP contribution in [0.5, 0.6) is 5.75 Å². The molecule has 5 heteroatoms. The lowest BCUT2D eigenvalue weighted by molar-refractivity contribution is -0.118. The topological polar surface area (TPSA) is 55.4 Å². The molecule has 1 aliphatic heterocycles. The highest BCUT2D eigenvalue weighted by Gasteiger charge is 2.17. The van der Waals surface area contributed by atoms with E-state index in [0.717, 1.165) is 10.0 Å². The molecule has 0 atom stereocenters. The lowest BCUT2D eigenvalue weighted by atomic mass is 10.1. The Bertz CT molecular complexity index is 766. The first-order chi connectivity index (χ1) is 10.6. The number of ketones is 1. The van der Waals surface area contributed by atoms with Crippen molar-refractivity contribution in [2.24, 2.45) is 0 Å². The second-order valence-electron chi connectivity index (χ2n) is 4.80.